The van der Waals surface area contributed by atoms with Crippen LogP contribution in [0.3, 0.4) is 0 Å². The predicted molar refractivity (Wildman–Crippen MR) is 55.3 cm³/mol. The average Bonchev–Trinajstić information content (AvgIpc) is 2.68. The Morgan fingerprint density at radius 2 is 2.13 bits per heavy atom. The fourth-order valence-corrected chi connectivity index (χ4v) is 1.08. The van der Waals surface area contributed by atoms with Crippen LogP contribution in [-0.2, 0) is 0 Å². The number of nitrogens with zero attached hydrogens (tertiary/aromatic N) is 3. The Kier molecular flexibility index (Phi) is 2.18. The lowest BCUT2D eigenvalue weighted by Crippen LogP contribution is -2.26. The Morgan fingerprint density at radius 1 is 1.33 bits per heavy atom. The molecule has 0 bridgehead atoms. The molecule has 2 heterocycles. The zero-order chi connectivity index (χ0) is 10.9. The lowest BCUT2D eigenvalue weighted by molar-refractivity contribution is 0.537. The number of aromatic nitrogens is 4. The molecule has 0 atom stereocenters. The third kappa shape index (κ3) is 2.34. The molecule has 15 heavy (non-hydrogen) atoms. The molecule has 0 spiro atoms. The van der Waals surface area contributed by atoms with Crippen molar-refractivity contribution < 1.29 is 4.42 Å². The summed E-state index contributed by atoms with van der Waals surface area (Å²) < 4.78 is 5.40. The van der Waals surface area contributed by atoms with Gasteiger partial charge in [-0.1, -0.05) is 5.10 Å². The first-order chi connectivity index (χ1) is 7.04. The van der Waals surface area contributed by atoms with Crippen LogP contribution in [0, 0.1) is 0 Å². The molecule has 2 N–H and O–H groups in total. The van der Waals surface area contributed by atoms with E-state index in [9.17, 15) is 0 Å². The van der Waals surface area contributed by atoms with Crippen molar-refractivity contribution in [2.75, 3.05) is 5.32 Å². The normalized spacial score (nSPS) is 11.7. The van der Waals surface area contributed by atoms with Gasteiger partial charge in [-0.2, -0.15) is 5.10 Å². The van der Waals surface area contributed by atoms with Crippen molar-refractivity contribution in [2.45, 2.75) is 26.3 Å². The van der Waals surface area contributed by atoms with Crippen molar-refractivity contribution in [1.29, 1.82) is 0 Å². The standard InChI is InChI=1S/C9H13N5O/c1-9(2,3)11-8-14-13-7(15-8)6-4-5-10-12-6/h4-5H,1-3H3,(H,10,12)(H,11,14). The van der Waals surface area contributed by atoms with E-state index in [2.05, 4.69) is 25.7 Å². The number of hydrogen-bond donors (Lipinski definition) is 2. The second-order valence-corrected chi connectivity index (χ2v) is 4.26. The summed E-state index contributed by atoms with van der Waals surface area (Å²) in [6, 6.07) is 2.18. The van der Waals surface area contributed by atoms with E-state index in [-0.39, 0.29) is 5.54 Å². The van der Waals surface area contributed by atoms with Gasteiger partial charge in [0.05, 0.1) is 0 Å². The van der Waals surface area contributed by atoms with Gasteiger partial charge in [0.2, 0.25) is 0 Å². The summed E-state index contributed by atoms with van der Waals surface area (Å²) in [6.45, 7) is 6.06. The highest BCUT2D eigenvalue weighted by molar-refractivity contribution is 5.46. The van der Waals surface area contributed by atoms with E-state index in [0.717, 1.165) is 0 Å². The van der Waals surface area contributed by atoms with Crippen LogP contribution in [0.1, 0.15) is 20.8 Å². The summed E-state index contributed by atoms with van der Waals surface area (Å²) >= 11 is 0. The van der Waals surface area contributed by atoms with E-state index in [1.807, 2.05) is 20.8 Å². The minimum Gasteiger partial charge on any atom is -0.402 e. The smallest absolute Gasteiger partial charge is 0.316 e. The van der Waals surface area contributed by atoms with Gasteiger partial charge >= 0.3 is 6.01 Å². The van der Waals surface area contributed by atoms with Gasteiger partial charge in [-0.3, -0.25) is 5.10 Å². The van der Waals surface area contributed by atoms with Crippen LogP contribution in [0.25, 0.3) is 11.6 Å². The maximum absolute atomic E-state index is 5.40. The van der Waals surface area contributed by atoms with Gasteiger partial charge in [0.1, 0.15) is 5.69 Å². The van der Waals surface area contributed by atoms with Crippen LogP contribution in [-0.4, -0.2) is 25.9 Å². The van der Waals surface area contributed by atoms with Gasteiger partial charge in [0.25, 0.3) is 5.89 Å². The molecular weight excluding hydrogens is 194 g/mol. The first kappa shape index (κ1) is 9.70. The first-order valence-electron chi connectivity index (χ1n) is 4.66. The van der Waals surface area contributed by atoms with E-state index in [1.54, 1.807) is 12.3 Å². The maximum Gasteiger partial charge on any atom is 0.316 e. The van der Waals surface area contributed by atoms with Crippen LogP contribution in [0.15, 0.2) is 16.7 Å². The van der Waals surface area contributed by atoms with Gasteiger partial charge in [0.15, 0.2) is 0 Å². The molecule has 2 aromatic rings. The zero-order valence-corrected chi connectivity index (χ0v) is 8.90. The van der Waals surface area contributed by atoms with Gasteiger partial charge in [-0.15, -0.1) is 5.10 Å². The SMILES string of the molecule is CC(C)(C)Nc1nnc(-c2ccn[nH]2)o1. The van der Waals surface area contributed by atoms with Crippen LogP contribution in [0.5, 0.6) is 0 Å². The second kappa shape index (κ2) is 3.38. The third-order valence-electron chi connectivity index (χ3n) is 1.64. The highest BCUT2D eigenvalue weighted by Crippen LogP contribution is 2.18. The van der Waals surface area contributed by atoms with E-state index in [4.69, 9.17) is 4.42 Å². The summed E-state index contributed by atoms with van der Waals surface area (Å²) in [6.07, 6.45) is 1.64. The third-order valence-corrected chi connectivity index (χ3v) is 1.64. The molecule has 0 aliphatic rings. The molecule has 0 amide bonds. The summed E-state index contributed by atoms with van der Waals surface area (Å²) in [7, 11) is 0. The summed E-state index contributed by atoms with van der Waals surface area (Å²) in [5.74, 6) is 0.430. The van der Waals surface area contributed by atoms with E-state index < -0.39 is 0 Å². The molecule has 2 rings (SSSR count). The molecule has 0 fully saturated rings. The minimum absolute atomic E-state index is 0.0994. The maximum atomic E-state index is 5.40. The van der Waals surface area contributed by atoms with Crippen molar-refractivity contribution in [1.82, 2.24) is 20.4 Å². The summed E-state index contributed by atoms with van der Waals surface area (Å²) in [5.41, 5.74) is 0.613. The minimum atomic E-state index is -0.0994. The molecule has 6 nitrogen and oxygen atoms in total. The van der Waals surface area contributed by atoms with Gasteiger partial charge < -0.3 is 9.73 Å². The van der Waals surface area contributed by atoms with Gasteiger partial charge in [-0.05, 0) is 26.8 Å². The summed E-state index contributed by atoms with van der Waals surface area (Å²) in [4.78, 5) is 0. The number of nitrogens with one attached hydrogen (secondary N) is 2. The van der Waals surface area contributed by atoms with Gasteiger partial charge in [-0.25, -0.2) is 0 Å². The Bertz CT molecular complexity index is 426. The quantitative estimate of drug-likeness (QED) is 0.783. The van der Waals surface area contributed by atoms with Crippen molar-refractivity contribution >= 4 is 6.01 Å². The lowest BCUT2D eigenvalue weighted by atomic mass is 10.1. The van der Waals surface area contributed by atoms with Crippen molar-refractivity contribution in [3.8, 4) is 11.6 Å². The molecule has 0 saturated carbocycles. The molecule has 0 aliphatic heterocycles. The Morgan fingerprint density at radius 3 is 2.73 bits per heavy atom. The highest BCUT2D eigenvalue weighted by Gasteiger charge is 2.15. The first-order valence-corrected chi connectivity index (χ1v) is 4.66. The number of H-pyrrole nitrogens is 1. The Balaban J connectivity index is 2.18. The number of anilines is 1. The largest absolute Gasteiger partial charge is 0.402 e. The fourth-order valence-electron chi connectivity index (χ4n) is 1.08. The molecular formula is C9H13N5O. The lowest BCUT2D eigenvalue weighted by Gasteiger charge is -2.17. The Hall–Kier alpha value is -1.85. The molecule has 0 aliphatic carbocycles. The molecule has 80 valence electrons. The van der Waals surface area contributed by atoms with Crippen molar-refractivity contribution in [3.63, 3.8) is 0 Å². The molecule has 0 unspecified atom stereocenters. The molecule has 0 aromatic carbocycles. The van der Waals surface area contributed by atoms with Gasteiger partial charge in [0, 0.05) is 11.7 Å². The molecule has 6 heteroatoms. The van der Waals surface area contributed by atoms with Crippen LogP contribution < -0.4 is 5.32 Å². The topological polar surface area (TPSA) is 79.6 Å². The summed E-state index contributed by atoms with van der Waals surface area (Å²) in [5, 5.41) is 17.4. The van der Waals surface area contributed by atoms with E-state index in [1.165, 1.54) is 0 Å². The number of rotatable bonds is 2. The zero-order valence-electron chi connectivity index (χ0n) is 8.90. The van der Waals surface area contributed by atoms with E-state index >= 15 is 0 Å². The number of aromatic amines is 1. The van der Waals surface area contributed by atoms with Crippen molar-refractivity contribution in [3.05, 3.63) is 12.3 Å². The van der Waals surface area contributed by atoms with Crippen LogP contribution in [0.4, 0.5) is 6.01 Å². The van der Waals surface area contributed by atoms with Crippen LogP contribution >= 0.6 is 0 Å². The monoisotopic (exact) mass is 207 g/mol. The molecule has 0 saturated heterocycles. The van der Waals surface area contributed by atoms with Crippen LogP contribution in [0.2, 0.25) is 0 Å². The average molecular weight is 207 g/mol. The molecule has 2 aromatic heterocycles. The Labute approximate surface area is 87.1 Å². The predicted octanol–water partition coefficient (Wildman–Crippen LogP) is 1.67. The number of hydrogen-bond acceptors (Lipinski definition) is 5. The van der Waals surface area contributed by atoms with E-state index in [0.29, 0.717) is 17.6 Å². The fraction of sp³-hybridized carbons (Fsp3) is 0.444. The second-order valence-electron chi connectivity index (χ2n) is 4.26. The van der Waals surface area contributed by atoms with Crippen molar-refractivity contribution in [2.24, 2.45) is 0 Å². The molecule has 0 radical (unpaired) electrons. The highest BCUT2D eigenvalue weighted by atomic mass is 16.4.